The van der Waals surface area contributed by atoms with Crippen LogP contribution in [0.25, 0.3) is 0 Å². The van der Waals surface area contributed by atoms with E-state index in [-0.39, 0.29) is 32.3 Å². The molecule has 0 aromatic rings. The molecule has 0 N–H and O–H groups in total. The smallest absolute Gasteiger partial charge is 0.308 e. The fraction of sp³-hybridized carbons (Fsp3) is 0.769. The molecule has 1 rings (SSSR count). The molecule has 10 nitrogen and oxygen atoms in total. The van der Waals surface area contributed by atoms with Gasteiger partial charge in [-0.05, 0) is 25.2 Å². The molecule has 36 heavy (non-hydrogen) atoms. The van der Waals surface area contributed by atoms with Gasteiger partial charge in [-0.1, -0.05) is 20.8 Å². The minimum atomic E-state index is -1.31. The van der Waals surface area contributed by atoms with Gasteiger partial charge < -0.3 is 28.2 Å². The molecule has 1 fully saturated rings. The molecule has 4 atom stereocenters. The van der Waals surface area contributed by atoms with Gasteiger partial charge in [0.15, 0.2) is 12.2 Å². The average molecular weight is 513 g/mol. The van der Waals surface area contributed by atoms with E-state index < -0.39 is 48.5 Å². The number of nitrogens with zero attached hydrogens (tertiary/aromatic N) is 1. The first-order chi connectivity index (χ1) is 17.1. The van der Waals surface area contributed by atoms with E-state index in [1.54, 1.807) is 0 Å². The largest absolute Gasteiger partial charge is 0.456 e. The fourth-order valence-electron chi connectivity index (χ4n) is 3.64. The molecule has 0 unspecified atom stereocenters. The van der Waals surface area contributed by atoms with Crippen molar-refractivity contribution >= 4 is 23.9 Å². The number of terminal acetylenes is 1. The minimum absolute atomic E-state index is 0.0942. The summed E-state index contributed by atoms with van der Waals surface area (Å²) in [5, 5.41) is 0. The van der Waals surface area contributed by atoms with Gasteiger partial charge in [0, 0.05) is 25.7 Å². The minimum Gasteiger partial charge on any atom is -0.456 e. The van der Waals surface area contributed by atoms with Gasteiger partial charge in [-0.2, -0.15) is 0 Å². The van der Waals surface area contributed by atoms with Gasteiger partial charge in [0.05, 0.1) is 33.7 Å². The molecule has 1 aliphatic heterocycles. The molecular weight excluding hydrogens is 470 g/mol. The number of ether oxygens (including phenoxy) is 5. The Kier molecular flexibility index (Phi) is 14.1. The molecule has 204 valence electrons. The Morgan fingerprint density at radius 1 is 0.806 bits per heavy atom. The quantitative estimate of drug-likeness (QED) is 0.141. The molecule has 0 amide bonds. The summed E-state index contributed by atoms with van der Waals surface area (Å²) in [6, 6.07) is 0. The zero-order valence-electron chi connectivity index (χ0n) is 22.3. The van der Waals surface area contributed by atoms with Crippen molar-refractivity contribution in [3.8, 4) is 12.3 Å². The molecule has 0 aromatic carbocycles. The topological polar surface area (TPSA) is 114 Å². The lowest BCUT2D eigenvalue weighted by atomic mass is 10.0. The maximum atomic E-state index is 12.6. The third-order valence-corrected chi connectivity index (χ3v) is 5.47. The SMILES string of the molecule is C#CC[N+](C)(C)CCCC(=O)O[C@@H]1OC[C@H](OC(=O)CCC)[C@H](OC(=O)CCC)[C@H]1OC(=O)CCC. The third kappa shape index (κ3) is 11.4. The summed E-state index contributed by atoms with van der Waals surface area (Å²) in [7, 11) is 3.93. The van der Waals surface area contributed by atoms with Gasteiger partial charge in [0.2, 0.25) is 12.4 Å². The highest BCUT2D eigenvalue weighted by atomic mass is 16.7. The van der Waals surface area contributed by atoms with Gasteiger partial charge in [-0.15, -0.1) is 6.42 Å². The van der Waals surface area contributed by atoms with Crippen LogP contribution in [0.4, 0.5) is 0 Å². The second-order valence-corrected chi connectivity index (χ2v) is 9.50. The lowest BCUT2D eigenvalue weighted by Gasteiger charge is -2.40. The Morgan fingerprint density at radius 2 is 1.31 bits per heavy atom. The van der Waals surface area contributed by atoms with Crippen molar-refractivity contribution in [1.29, 1.82) is 0 Å². The van der Waals surface area contributed by atoms with Crippen molar-refractivity contribution in [1.82, 2.24) is 0 Å². The van der Waals surface area contributed by atoms with Crippen LogP contribution in [0, 0.1) is 12.3 Å². The Balaban J connectivity index is 3.04. The van der Waals surface area contributed by atoms with Crippen LogP contribution in [0.1, 0.15) is 72.1 Å². The summed E-state index contributed by atoms with van der Waals surface area (Å²) in [6.45, 7) is 6.45. The highest BCUT2D eigenvalue weighted by Crippen LogP contribution is 2.27. The number of hydrogen-bond acceptors (Lipinski definition) is 9. The van der Waals surface area contributed by atoms with E-state index in [0.29, 0.717) is 43.3 Å². The van der Waals surface area contributed by atoms with Crippen LogP contribution in [-0.4, -0.2) is 86.8 Å². The number of esters is 4. The first-order valence-electron chi connectivity index (χ1n) is 12.7. The lowest BCUT2D eigenvalue weighted by molar-refractivity contribution is -0.883. The van der Waals surface area contributed by atoms with Crippen molar-refractivity contribution in [2.45, 2.75) is 96.7 Å². The Hall–Kier alpha value is -2.64. The molecule has 0 bridgehead atoms. The molecule has 0 spiro atoms. The van der Waals surface area contributed by atoms with E-state index in [2.05, 4.69) is 5.92 Å². The van der Waals surface area contributed by atoms with Gasteiger partial charge >= 0.3 is 23.9 Å². The Labute approximate surface area is 214 Å². The number of carbonyl (C=O) groups is 4. The van der Waals surface area contributed by atoms with Crippen LogP contribution in [0.5, 0.6) is 0 Å². The number of rotatable bonds is 15. The van der Waals surface area contributed by atoms with Crippen molar-refractivity contribution < 1.29 is 47.3 Å². The van der Waals surface area contributed by atoms with Crippen LogP contribution in [0.3, 0.4) is 0 Å². The summed E-state index contributed by atoms with van der Waals surface area (Å²) in [5.41, 5.74) is 0. The highest BCUT2D eigenvalue weighted by molar-refractivity contribution is 5.72. The van der Waals surface area contributed by atoms with E-state index in [1.165, 1.54) is 0 Å². The fourth-order valence-corrected chi connectivity index (χ4v) is 3.64. The van der Waals surface area contributed by atoms with Gasteiger partial charge in [0.1, 0.15) is 6.54 Å². The van der Waals surface area contributed by atoms with Crippen LogP contribution >= 0.6 is 0 Å². The number of hydrogen-bond donors (Lipinski definition) is 0. The van der Waals surface area contributed by atoms with E-state index in [0.717, 1.165) is 0 Å². The van der Waals surface area contributed by atoms with E-state index >= 15 is 0 Å². The van der Waals surface area contributed by atoms with Gasteiger partial charge in [-0.3, -0.25) is 19.2 Å². The summed E-state index contributed by atoms with van der Waals surface area (Å²) in [6.07, 6.45) is 3.25. The van der Waals surface area contributed by atoms with Gasteiger partial charge in [-0.25, -0.2) is 0 Å². The van der Waals surface area contributed by atoms with Crippen LogP contribution in [-0.2, 0) is 42.9 Å². The van der Waals surface area contributed by atoms with E-state index in [1.807, 2.05) is 34.9 Å². The van der Waals surface area contributed by atoms with E-state index in [4.69, 9.17) is 30.1 Å². The maximum Gasteiger partial charge on any atom is 0.308 e. The Morgan fingerprint density at radius 3 is 1.83 bits per heavy atom. The van der Waals surface area contributed by atoms with Crippen molar-refractivity contribution in [3.05, 3.63) is 0 Å². The molecule has 0 aliphatic carbocycles. The second kappa shape index (κ2) is 16.2. The normalized spacial score (nSPS) is 21.7. The molecule has 1 heterocycles. The summed E-state index contributed by atoms with van der Waals surface area (Å²) >= 11 is 0. The van der Waals surface area contributed by atoms with Crippen molar-refractivity contribution in [2.24, 2.45) is 0 Å². The van der Waals surface area contributed by atoms with Gasteiger partial charge in [0.25, 0.3) is 0 Å². The zero-order chi connectivity index (χ0) is 27.1. The van der Waals surface area contributed by atoms with Crippen molar-refractivity contribution in [3.63, 3.8) is 0 Å². The van der Waals surface area contributed by atoms with Crippen molar-refractivity contribution in [2.75, 3.05) is 33.8 Å². The van der Waals surface area contributed by atoms with Crippen LogP contribution in [0.15, 0.2) is 0 Å². The molecule has 10 heteroatoms. The van der Waals surface area contributed by atoms with Crippen LogP contribution in [0.2, 0.25) is 0 Å². The molecule has 1 aliphatic rings. The lowest BCUT2D eigenvalue weighted by Crippen LogP contribution is -2.58. The predicted octanol–water partition coefficient (Wildman–Crippen LogP) is 2.51. The zero-order valence-corrected chi connectivity index (χ0v) is 22.3. The predicted molar refractivity (Wildman–Crippen MR) is 130 cm³/mol. The second-order valence-electron chi connectivity index (χ2n) is 9.50. The maximum absolute atomic E-state index is 12.6. The summed E-state index contributed by atoms with van der Waals surface area (Å²) in [4.78, 5) is 49.6. The van der Waals surface area contributed by atoms with E-state index in [9.17, 15) is 19.2 Å². The molecule has 0 radical (unpaired) electrons. The monoisotopic (exact) mass is 512 g/mol. The number of carbonyl (C=O) groups excluding carboxylic acids is 4. The molecular formula is C26H42NO9+. The highest BCUT2D eigenvalue weighted by Gasteiger charge is 2.49. The standard InChI is InChI=1S/C26H42NO9/c1-7-12-20(28)33-19-18-32-26(36-23(31)15-11-17-27(5,6)16-10-4)25(35-22(30)14-9-3)24(19)34-21(29)13-8-2/h4,19,24-26H,7-9,11-18H2,1-3,5-6H3/q+1/t19-,24-,25+,26-/m0/s1. The molecule has 0 aromatic heterocycles. The molecule has 1 saturated heterocycles. The van der Waals surface area contributed by atoms with Crippen LogP contribution < -0.4 is 0 Å². The third-order valence-electron chi connectivity index (χ3n) is 5.47. The summed E-state index contributed by atoms with van der Waals surface area (Å²) in [5.74, 6) is 0.440. The first-order valence-corrected chi connectivity index (χ1v) is 12.7. The number of quaternary nitrogens is 1. The summed E-state index contributed by atoms with van der Waals surface area (Å²) < 4.78 is 28.4. The Bertz CT molecular complexity index is 774. The first kappa shape index (κ1) is 31.4. The molecule has 0 saturated carbocycles. The average Bonchev–Trinajstić information content (AvgIpc) is 2.77.